The standard InChI is InChI=1S/C20H26N2O2S/c1-15-9-11-22(12-10-15)18(19-4-3-13-25-19)14-21-20(23)8-7-17-6-5-16(2)24-17/h3-8,13,15,18H,9-12,14H2,1-2H3,(H,21,23)/b8-7+. The van der Waals surface area contributed by atoms with Crippen LogP contribution >= 0.6 is 11.3 Å². The highest BCUT2D eigenvalue weighted by molar-refractivity contribution is 7.10. The maximum absolute atomic E-state index is 12.2. The molecule has 1 atom stereocenters. The molecule has 1 N–H and O–H groups in total. The molecule has 1 amide bonds. The van der Waals surface area contributed by atoms with Gasteiger partial charge in [-0.25, -0.2) is 0 Å². The molecular weight excluding hydrogens is 332 g/mol. The molecule has 4 nitrogen and oxygen atoms in total. The van der Waals surface area contributed by atoms with Gasteiger partial charge in [-0.15, -0.1) is 11.3 Å². The van der Waals surface area contributed by atoms with Crippen LogP contribution in [0.25, 0.3) is 6.08 Å². The number of piperidine rings is 1. The quantitative estimate of drug-likeness (QED) is 0.785. The molecule has 2 aromatic heterocycles. The lowest BCUT2D eigenvalue weighted by molar-refractivity contribution is -0.116. The van der Waals surface area contributed by atoms with Crippen LogP contribution < -0.4 is 5.32 Å². The number of carbonyl (C=O) groups excluding carboxylic acids is 1. The van der Waals surface area contributed by atoms with Gasteiger partial charge in [0.2, 0.25) is 5.91 Å². The second-order valence-corrected chi connectivity index (χ2v) is 7.76. The lowest BCUT2D eigenvalue weighted by Gasteiger charge is -2.36. The summed E-state index contributed by atoms with van der Waals surface area (Å²) in [6, 6.07) is 8.27. The molecular formula is C20H26N2O2S. The Morgan fingerprint density at radius 3 is 2.84 bits per heavy atom. The molecule has 3 rings (SSSR count). The van der Waals surface area contributed by atoms with E-state index in [9.17, 15) is 4.79 Å². The van der Waals surface area contributed by atoms with E-state index in [4.69, 9.17) is 4.42 Å². The molecule has 1 unspecified atom stereocenters. The van der Waals surface area contributed by atoms with Crippen LogP contribution in [0.2, 0.25) is 0 Å². The first-order valence-corrected chi connectivity index (χ1v) is 9.79. The monoisotopic (exact) mass is 358 g/mol. The fourth-order valence-electron chi connectivity index (χ4n) is 3.19. The highest BCUT2D eigenvalue weighted by Gasteiger charge is 2.25. The summed E-state index contributed by atoms with van der Waals surface area (Å²) in [5.41, 5.74) is 0. The number of amides is 1. The third-order valence-electron chi connectivity index (χ3n) is 4.76. The summed E-state index contributed by atoms with van der Waals surface area (Å²) >= 11 is 1.76. The van der Waals surface area contributed by atoms with Crippen molar-refractivity contribution in [1.82, 2.24) is 10.2 Å². The van der Waals surface area contributed by atoms with Crippen molar-refractivity contribution in [3.05, 3.63) is 52.1 Å². The van der Waals surface area contributed by atoms with Crippen molar-refractivity contribution < 1.29 is 9.21 Å². The third-order valence-corrected chi connectivity index (χ3v) is 5.73. The smallest absolute Gasteiger partial charge is 0.244 e. The van der Waals surface area contributed by atoms with E-state index in [1.807, 2.05) is 19.1 Å². The molecule has 5 heteroatoms. The van der Waals surface area contributed by atoms with E-state index >= 15 is 0 Å². The van der Waals surface area contributed by atoms with Crippen molar-refractivity contribution in [2.45, 2.75) is 32.7 Å². The van der Waals surface area contributed by atoms with Crippen molar-refractivity contribution in [1.29, 1.82) is 0 Å². The highest BCUT2D eigenvalue weighted by atomic mass is 32.1. The highest BCUT2D eigenvalue weighted by Crippen LogP contribution is 2.29. The van der Waals surface area contributed by atoms with Gasteiger partial charge in [0.25, 0.3) is 0 Å². The number of aryl methyl sites for hydroxylation is 1. The van der Waals surface area contributed by atoms with Crippen molar-refractivity contribution in [2.24, 2.45) is 5.92 Å². The third kappa shape index (κ3) is 5.06. The SMILES string of the molecule is Cc1ccc(/C=C/C(=O)NCC(c2cccs2)N2CCC(C)CC2)o1. The van der Waals surface area contributed by atoms with Gasteiger partial charge >= 0.3 is 0 Å². The largest absolute Gasteiger partial charge is 0.462 e. The maximum atomic E-state index is 12.2. The average Bonchev–Trinajstić information content (AvgIpc) is 3.27. The first-order chi connectivity index (χ1) is 12.1. The van der Waals surface area contributed by atoms with Gasteiger partial charge in [0.1, 0.15) is 11.5 Å². The zero-order chi connectivity index (χ0) is 17.6. The van der Waals surface area contributed by atoms with E-state index in [0.29, 0.717) is 12.3 Å². The summed E-state index contributed by atoms with van der Waals surface area (Å²) in [7, 11) is 0. The van der Waals surface area contributed by atoms with Gasteiger partial charge in [0, 0.05) is 17.5 Å². The minimum Gasteiger partial charge on any atom is -0.462 e. The summed E-state index contributed by atoms with van der Waals surface area (Å²) in [6.45, 7) is 7.04. The normalized spacial score (nSPS) is 17.8. The maximum Gasteiger partial charge on any atom is 0.244 e. The number of rotatable bonds is 6. The van der Waals surface area contributed by atoms with Gasteiger partial charge in [-0.3, -0.25) is 9.69 Å². The van der Waals surface area contributed by atoms with E-state index in [1.165, 1.54) is 17.7 Å². The van der Waals surface area contributed by atoms with Crippen molar-refractivity contribution in [3.8, 4) is 0 Å². The Kier molecular flexibility index (Phi) is 6.10. The molecule has 0 bridgehead atoms. The Balaban J connectivity index is 1.58. The molecule has 0 aliphatic carbocycles. The lowest BCUT2D eigenvalue weighted by Crippen LogP contribution is -2.41. The van der Waals surface area contributed by atoms with E-state index < -0.39 is 0 Å². The van der Waals surface area contributed by atoms with Crippen LogP contribution in [0.4, 0.5) is 0 Å². The number of hydrogen-bond acceptors (Lipinski definition) is 4. The molecule has 25 heavy (non-hydrogen) atoms. The van der Waals surface area contributed by atoms with Gasteiger partial charge in [-0.05, 0) is 68.4 Å². The Labute approximate surface area is 153 Å². The van der Waals surface area contributed by atoms with Gasteiger partial charge < -0.3 is 9.73 Å². The van der Waals surface area contributed by atoms with Gasteiger partial charge in [0.05, 0.1) is 6.04 Å². The molecule has 0 spiro atoms. The Morgan fingerprint density at radius 1 is 1.40 bits per heavy atom. The summed E-state index contributed by atoms with van der Waals surface area (Å²) < 4.78 is 5.45. The summed E-state index contributed by atoms with van der Waals surface area (Å²) in [5.74, 6) is 2.26. The molecule has 0 saturated carbocycles. The van der Waals surface area contributed by atoms with Crippen LogP contribution in [0, 0.1) is 12.8 Å². The summed E-state index contributed by atoms with van der Waals surface area (Å²) in [6.07, 6.45) is 5.72. The average molecular weight is 359 g/mol. The molecule has 134 valence electrons. The number of nitrogens with one attached hydrogen (secondary N) is 1. The molecule has 3 heterocycles. The van der Waals surface area contributed by atoms with Crippen LogP contribution in [0.3, 0.4) is 0 Å². The number of furan rings is 1. The van der Waals surface area contributed by atoms with Crippen LogP contribution in [0.5, 0.6) is 0 Å². The molecule has 1 aliphatic rings. The topological polar surface area (TPSA) is 45.5 Å². The zero-order valence-corrected chi connectivity index (χ0v) is 15.7. The number of carbonyl (C=O) groups is 1. The zero-order valence-electron chi connectivity index (χ0n) is 14.9. The molecule has 1 fully saturated rings. The van der Waals surface area contributed by atoms with Gasteiger partial charge in [-0.1, -0.05) is 13.0 Å². The minimum absolute atomic E-state index is 0.0824. The van der Waals surface area contributed by atoms with E-state index in [0.717, 1.165) is 24.8 Å². The Bertz CT molecular complexity index is 697. The molecule has 1 aliphatic heterocycles. The number of hydrogen-bond donors (Lipinski definition) is 1. The summed E-state index contributed by atoms with van der Waals surface area (Å²) in [4.78, 5) is 16.0. The number of thiophene rings is 1. The van der Waals surface area contributed by atoms with Gasteiger partial charge in [-0.2, -0.15) is 0 Å². The molecule has 1 saturated heterocycles. The fourth-order valence-corrected chi connectivity index (χ4v) is 4.05. The lowest BCUT2D eigenvalue weighted by atomic mass is 9.97. The molecule has 0 aromatic carbocycles. The van der Waals surface area contributed by atoms with E-state index in [1.54, 1.807) is 23.5 Å². The first-order valence-electron chi connectivity index (χ1n) is 8.91. The predicted molar refractivity (Wildman–Crippen MR) is 103 cm³/mol. The Morgan fingerprint density at radius 2 is 2.20 bits per heavy atom. The second-order valence-electron chi connectivity index (χ2n) is 6.78. The van der Waals surface area contributed by atoms with Crippen molar-refractivity contribution in [3.63, 3.8) is 0 Å². The van der Waals surface area contributed by atoms with E-state index in [2.05, 4.69) is 34.7 Å². The van der Waals surface area contributed by atoms with Crippen LogP contribution in [-0.2, 0) is 4.79 Å². The van der Waals surface area contributed by atoms with Crippen LogP contribution in [-0.4, -0.2) is 30.4 Å². The molecule has 0 radical (unpaired) electrons. The van der Waals surface area contributed by atoms with Crippen LogP contribution in [0.15, 0.2) is 40.1 Å². The predicted octanol–water partition coefficient (Wildman–Crippen LogP) is 4.25. The van der Waals surface area contributed by atoms with E-state index in [-0.39, 0.29) is 11.9 Å². The molecule has 2 aromatic rings. The fraction of sp³-hybridized carbons (Fsp3) is 0.450. The van der Waals surface area contributed by atoms with Crippen LogP contribution in [0.1, 0.15) is 42.2 Å². The van der Waals surface area contributed by atoms with Crippen molar-refractivity contribution in [2.75, 3.05) is 19.6 Å². The number of nitrogens with zero attached hydrogens (tertiary/aromatic N) is 1. The second kappa shape index (κ2) is 8.50. The first kappa shape index (κ1) is 18.0. The van der Waals surface area contributed by atoms with Crippen molar-refractivity contribution >= 4 is 23.3 Å². The number of likely N-dealkylation sites (tertiary alicyclic amines) is 1. The minimum atomic E-state index is -0.0824. The Hall–Kier alpha value is -1.85. The summed E-state index contributed by atoms with van der Waals surface area (Å²) in [5, 5.41) is 5.16. The van der Waals surface area contributed by atoms with Gasteiger partial charge in [0.15, 0.2) is 0 Å².